The van der Waals surface area contributed by atoms with Gasteiger partial charge in [-0.2, -0.15) is 0 Å². The Morgan fingerprint density at radius 2 is 0.857 bits per heavy atom. The van der Waals surface area contributed by atoms with Crippen molar-refractivity contribution in [3.8, 4) is 0 Å². The fourth-order valence-electron chi connectivity index (χ4n) is 4.98. The summed E-state index contributed by atoms with van der Waals surface area (Å²) in [4.78, 5) is 0. The van der Waals surface area contributed by atoms with Crippen LogP contribution in [0.2, 0.25) is 5.54 Å². The molecule has 0 bridgehead atoms. The van der Waals surface area contributed by atoms with Crippen molar-refractivity contribution in [2.24, 2.45) is 0 Å². The van der Waals surface area contributed by atoms with Gasteiger partial charge in [-0.25, -0.2) is 0 Å². The minimum absolute atomic E-state index is 0.486. The third-order valence-electron chi connectivity index (χ3n) is 6.97. The third kappa shape index (κ3) is 8.78. The van der Waals surface area contributed by atoms with E-state index in [9.17, 15) is 0 Å². The van der Waals surface area contributed by atoms with Crippen LogP contribution < -0.4 is 0 Å². The van der Waals surface area contributed by atoms with Gasteiger partial charge in [-0.05, 0) is 47.7 Å². The lowest BCUT2D eigenvalue weighted by Gasteiger charge is -2.37. The van der Waals surface area contributed by atoms with Crippen molar-refractivity contribution in [2.45, 2.75) is 62.2 Å². The molecule has 3 aromatic rings. The van der Waals surface area contributed by atoms with Gasteiger partial charge in [0, 0.05) is 5.54 Å². The van der Waals surface area contributed by atoms with Gasteiger partial charge in [-0.15, -0.1) is 0 Å². The maximum atomic E-state index is 7.01. The molecule has 0 aliphatic heterocycles. The van der Waals surface area contributed by atoms with E-state index in [4.69, 9.17) is 12.3 Å². The third-order valence-corrected chi connectivity index (χ3v) is 18.2. The number of hydrogen-bond acceptors (Lipinski definition) is 3. The molecule has 4 rings (SSSR count). The maximum absolute atomic E-state index is 7.01. The molecular weight excluding hydrogens is 497 g/mol. The first kappa shape index (κ1) is 26.5. The fourth-order valence-corrected chi connectivity index (χ4v) is 18.5. The van der Waals surface area contributed by atoms with E-state index >= 15 is 0 Å². The minimum Gasteiger partial charge on any atom is -0.422 e. The first-order valence-electron chi connectivity index (χ1n) is 13.4. The molecule has 0 atom stereocenters. The van der Waals surface area contributed by atoms with Crippen LogP contribution in [0.25, 0.3) is 0 Å². The molecule has 0 N–H and O–H groups in total. The summed E-state index contributed by atoms with van der Waals surface area (Å²) in [5.41, 5.74) is 4.63. The summed E-state index contributed by atoms with van der Waals surface area (Å²) in [5.74, 6) is 0. The highest BCUT2D eigenvalue weighted by molar-refractivity contribution is 6.74. The van der Waals surface area contributed by atoms with E-state index in [0.29, 0.717) is 5.54 Å². The zero-order valence-electron chi connectivity index (χ0n) is 20.9. The van der Waals surface area contributed by atoms with Crippen LogP contribution in [0.4, 0.5) is 0 Å². The molecule has 0 heterocycles. The van der Waals surface area contributed by atoms with Gasteiger partial charge in [-0.1, -0.05) is 117 Å². The van der Waals surface area contributed by atoms with Gasteiger partial charge in [0.25, 0.3) is 0 Å². The van der Waals surface area contributed by atoms with Crippen molar-refractivity contribution >= 4 is 38.1 Å². The van der Waals surface area contributed by atoms with Crippen LogP contribution in [-0.2, 0) is 30.5 Å². The zero-order valence-corrected chi connectivity index (χ0v) is 26.2. The standard InChI is InChI=1S/C28H40O3Si4/c1-2-13-21-28(20-12-1)35(29-32-22-25-14-6-3-7-15-25,30-33-23-26-16-8-4-9-17-26)31-34-24-27-18-10-5-11-19-27/h3-11,14-19,28H,1-2,12-13,20-24,32-34H2. The van der Waals surface area contributed by atoms with Crippen LogP contribution in [-0.4, -0.2) is 38.1 Å². The Labute approximate surface area is 219 Å². The van der Waals surface area contributed by atoms with Crippen LogP contribution in [0.3, 0.4) is 0 Å². The lowest BCUT2D eigenvalue weighted by molar-refractivity contribution is 0.252. The average molecular weight is 537 g/mol. The predicted molar refractivity (Wildman–Crippen MR) is 157 cm³/mol. The highest BCUT2D eigenvalue weighted by Crippen LogP contribution is 2.37. The molecule has 0 amide bonds. The van der Waals surface area contributed by atoms with Crippen LogP contribution in [0, 0.1) is 0 Å². The molecule has 0 saturated heterocycles. The van der Waals surface area contributed by atoms with E-state index in [0.717, 1.165) is 18.1 Å². The summed E-state index contributed by atoms with van der Waals surface area (Å²) >= 11 is 0. The van der Waals surface area contributed by atoms with Gasteiger partial charge >= 0.3 is 8.80 Å². The van der Waals surface area contributed by atoms with Crippen LogP contribution in [0.15, 0.2) is 91.0 Å². The van der Waals surface area contributed by atoms with Gasteiger partial charge in [0.2, 0.25) is 0 Å². The Morgan fingerprint density at radius 1 is 0.514 bits per heavy atom. The summed E-state index contributed by atoms with van der Waals surface area (Å²) < 4.78 is 21.0. The van der Waals surface area contributed by atoms with E-state index < -0.39 is 38.1 Å². The van der Waals surface area contributed by atoms with Crippen molar-refractivity contribution in [2.75, 3.05) is 0 Å². The molecule has 0 spiro atoms. The molecule has 0 unspecified atom stereocenters. The molecule has 3 aromatic carbocycles. The summed E-state index contributed by atoms with van der Waals surface area (Å²) in [7, 11) is -5.02. The van der Waals surface area contributed by atoms with E-state index in [1.165, 1.54) is 55.2 Å². The van der Waals surface area contributed by atoms with Gasteiger partial charge in [0.05, 0.1) is 0 Å². The Kier molecular flexibility index (Phi) is 11.2. The normalized spacial score (nSPS) is 17.5. The molecule has 3 nitrogen and oxygen atoms in total. The largest absolute Gasteiger partial charge is 0.471 e. The van der Waals surface area contributed by atoms with E-state index in [1.54, 1.807) is 0 Å². The highest BCUT2D eigenvalue weighted by atomic mass is 28.5. The smallest absolute Gasteiger partial charge is 0.422 e. The maximum Gasteiger partial charge on any atom is 0.471 e. The Bertz CT molecular complexity index is 841. The molecular formula is C28H40O3Si4. The quantitative estimate of drug-likeness (QED) is 0.237. The van der Waals surface area contributed by atoms with E-state index in [-0.39, 0.29) is 0 Å². The molecule has 186 valence electrons. The zero-order chi connectivity index (χ0) is 24.0. The van der Waals surface area contributed by atoms with Gasteiger partial charge < -0.3 is 12.3 Å². The van der Waals surface area contributed by atoms with Crippen molar-refractivity contribution in [1.82, 2.24) is 0 Å². The topological polar surface area (TPSA) is 27.7 Å². The van der Waals surface area contributed by atoms with E-state index in [1.807, 2.05) is 0 Å². The predicted octanol–water partition coefficient (Wildman–Crippen LogP) is 4.55. The van der Waals surface area contributed by atoms with Crippen LogP contribution in [0.5, 0.6) is 0 Å². The molecule has 1 aliphatic rings. The lowest BCUT2D eigenvalue weighted by atomic mass is 10.2. The summed E-state index contributed by atoms with van der Waals surface area (Å²) in [6.45, 7) is 0. The number of benzene rings is 3. The monoisotopic (exact) mass is 536 g/mol. The van der Waals surface area contributed by atoms with Crippen molar-refractivity contribution in [3.05, 3.63) is 108 Å². The van der Waals surface area contributed by atoms with E-state index in [2.05, 4.69) is 91.0 Å². The first-order valence-corrected chi connectivity index (χ1v) is 19.9. The second kappa shape index (κ2) is 14.8. The van der Waals surface area contributed by atoms with Crippen LogP contribution >= 0.6 is 0 Å². The van der Waals surface area contributed by atoms with Crippen molar-refractivity contribution in [1.29, 1.82) is 0 Å². The SMILES string of the molecule is c1ccc(C[SiH2]O[Si](O[SiH2]Cc2ccccc2)(O[SiH2]Cc2ccccc2)C2CCCCCC2)cc1. The van der Waals surface area contributed by atoms with Gasteiger partial charge in [0.1, 0.15) is 0 Å². The minimum atomic E-state index is -2.70. The van der Waals surface area contributed by atoms with Crippen molar-refractivity contribution in [3.63, 3.8) is 0 Å². The molecule has 0 radical (unpaired) electrons. The second-order valence-corrected chi connectivity index (χ2v) is 17.8. The fraction of sp³-hybridized carbons (Fsp3) is 0.357. The molecule has 1 fully saturated rings. The van der Waals surface area contributed by atoms with Gasteiger partial charge in [-0.3, -0.25) is 0 Å². The van der Waals surface area contributed by atoms with Crippen molar-refractivity contribution < 1.29 is 12.3 Å². The number of hydrogen-bond donors (Lipinski definition) is 0. The van der Waals surface area contributed by atoms with Gasteiger partial charge in [0.15, 0.2) is 29.3 Å². The summed E-state index contributed by atoms with van der Waals surface area (Å²) in [6, 6.07) is 35.6. The molecule has 1 aliphatic carbocycles. The molecule has 1 saturated carbocycles. The second-order valence-electron chi connectivity index (χ2n) is 9.54. The Hall–Kier alpha value is -1.59. The number of rotatable bonds is 13. The molecule has 0 aromatic heterocycles. The Balaban J connectivity index is 1.48. The average Bonchev–Trinajstić information content (AvgIpc) is 3.21. The highest BCUT2D eigenvalue weighted by Gasteiger charge is 2.47. The first-order chi connectivity index (χ1) is 17.3. The summed E-state index contributed by atoms with van der Waals surface area (Å²) in [6.07, 6.45) is 7.68. The Morgan fingerprint density at radius 3 is 1.20 bits per heavy atom. The van der Waals surface area contributed by atoms with Crippen LogP contribution in [0.1, 0.15) is 55.2 Å². The summed E-state index contributed by atoms with van der Waals surface area (Å²) in [5, 5.41) is 0. The molecule has 35 heavy (non-hydrogen) atoms. The molecule has 7 heteroatoms. The lowest BCUT2D eigenvalue weighted by Crippen LogP contribution is -2.53.